The Labute approximate surface area is 133 Å². The molecular formula is C15H12Br2FNO. The van der Waals surface area contributed by atoms with Gasteiger partial charge in [0.05, 0.1) is 6.04 Å². The van der Waals surface area contributed by atoms with Crippen LogP contribution in [-0.2, 0) is 0 Å². The molecule has 0 aliphatic carbocycles. The Morgan fingerprint density at radius 1 is 1.20 bits per heavy atom. The molecule has 1 atom stereocenters. The van der Waals surface area contributed by atoms with Crippen molar-refractivity contribution in [3.8, 4) is 0 Å². The van der Waals surface area contributed by atoms with E-state index < -0.39 is 5.82 Å². The van der Waals surface area contributed by atoms with Crippen molar-refractivity contribution >= 4 is 37.8 Å². The number of amides is 1. The first kappa shape index (κ1) is 15.2. The Kier molecular flexibility index (Phi) is 5.31. The summed E-state index contributed by atoms with van der Waals surface area (Å²) < 4.78 is 13.9. The van der Waals surface area contributed by atoms with E-state index in [4.69, 9.17) is 0 Å². The summed E-state index contributed by atoms with van der Waals surface area (Å²) in [6.07, 6.45) is 0. The van der Waals surface area contributed by atoms with Gasteiger partial charge in [-0.05, 0) is 23.8 Å². The van der Waals surface area contributed by atoms with Crippen LogP contribution in [0.5, 0.6) is 0 Å². The molecule has 0 bridgehead atoms. The molecule has 1 amide bonds. The van der Waals surface area contributed by atoms with Crippen LogP contribution in [0, 0.1) is 5.82 Å². The fourth-order valence-corrected chi connectivity index (χ4v) is 2.82. The van der Waals surface area contributed by atoms with Crippen LogP contribution in [0.2, 0.25) is 0 Å². The molecule has 2 aromatic rings. The van der Waals surface area contributed by atoms with Crippen molar-refractivity contribution in [3.05, 3.63) is 69.9 Å². The zero-order valence-corrected chi connectivity index (χ0v) is 13.6. The van der Waals surface area contributed by atoms with E-state index in [9.17, 15) is 9.18 Å². The number of nitrogens with one attached hydrogen (secondary N) is 1. The van der Waals surface area contributed by atoms with Crippen LogP contribution in [0.25, 0.3) is 0 Å². The molecule has 1 unspecified atom stereocenters. The van der Waals surface area contributed by atoms with Gasteiger partial charge in [0, 0.05) is 15.4 Å². The Morgan fingerprint density at radius 2 is 1.90 bits per heavy atom. The zero-order valence-electron chi connectivity index (χ0n) is 10.4. The highest BCUT2D eigenvalue weighted by Gasteiger charge is 2.15. The van der Waals surface area contributed by atoms with Crippen LogP contribution in [0.3, 0.4) is 0 Å². The van der Waals surface area contributed by atoms with E-state index in [1.807, 2.05) is 30.3 Å². The second kappa shape index (κ2) is 6.99. The maximum absolute atomic E-state index is 13.3. The summed E-state index contributed by atoms with van der Waals surface area (Å²) in [5.41, 5.74) is 1.28. The van der Waals surface area contributed by atoms with E-state index in [1.54, 1.807) is 6.07 Å². The van der Waals surface area contributed by atoms with Gasteiger partial charge in [0.15, 0.2) is 0 Å². The van der Waals surface area contributed by atoms with E-state index in [-0.39, 0.29) is 11.9 Å². The summed E-state index contributed by atoms with van der Waals surface area (Å²) in [7, 11) is 0. The van der Waals surface area contributed by atoms with E-state index in [0.29, 0.717) is 15.4 Å². The molecule has 2 aromatic carbocycles. The van der Waals surface area contributed by atoms with Gasteiger partial charge in [0.25, 0.3) is 5.91 Å². The number of carbonyl (C=O) groups is 1. The zero-order chi connectivity index (χ0) is 14.5. The smallest absolute Gasteiger partial charge is 0.251 e. The maximum atomic E-state index is 13.3. The molecule has 20 heavy (non-hydrogen) atoms. The third-order valence-electron chi connectivity index (χ3n) is 2.79. The van der Waals surface area contributed by atoms with Crippen molar-refractivity contribution in [1.29, 1.82) is 0 Å². The highest BCUT2D eigenvalue weighted by Crippen LogP contribution is 2.18. The summed E-state index contributed by atoms with van der Waals surface area (Å²) in [6.45, 7) is 0. The first-order valence-electron chi connectivity index (χ1n) is 5.98. The molecule has 104 valence electrons. The van der Waals surface area contributed by atoms with Crippen molar-refractivity contribution in [2.45, 2.75) is 6.04 Å². The molecule has 0 aliphatic rings. The van der Waals surface area contributed by atoms with Crippen molar-refractivity contribution in [3.63, 3.8) is 0 Å². The highest BCUT2D eigenvalue weighted by atomic mass is 79.9. The van der Waals surface area contributed by atoms with Gasteiger partial charge in [-0.2, -0.15) is 0 Å². The molecule has 0 heterocycles. The van der Waals surface area contributed by atoms with Crippen LogP contribution in [0.15, 0.2) is 53.0 Å². The van der Waals surface area contributed by atoms with Crippen LogP contribution >= 0.6 is 31.9 Å². The van der Waals surface area contributed by atoms with Crippen LogP contribution in [0.1, 0.15) is 22.0 Å². The Bertz CT molecular complexity index is 584. The minimum atomic E-state index is -0.445. The number of alkyl halides is 1. The first-order valence-corrected chi connectivity index (χ1v) is 7.89. The number of hydrogen-bond acceptors (Lipinski definition) is 1. The quantitative estimate of drug-likeness (QED) is 0.754. The van der Waals surface area contributed by atoms with E-state index in [0.717, 1.165) is 5.56 Å². The lowest BCUT2D eigenvalue weighted by Crippen LogP contribution is -2.29. The fourth-order valence-electron chi connectivity index (χ4n) is 1.82. The van der Waals surface area contributed by atoms with Crippen molar-refractivity contribution in [1.82, 2.24) is 5.32 Å². The minimum absolute atomic E-state index is 0.161. The minimum Gasteiger partial charge on any atom is -0.344 e. The van der Waals surface area contributed by atoms with Gasteiger partial charge in [-0.25, -0.2) is 4.39 Å². The predicted octanol–water partition coefficient (Wildman–Crippen LogP) is 4.45. The molecule has 0 fully saturated rings. The lowest BCUT2D eigenvalue weighted by Gasteiger charge is -2.16. The lowest BCUT2D eigenvalue weighted by molar-refractivity contribution is 0.0940. The van der Waals surface area contributed by atoms with Crippen molar-refractivity contribution < 1.29 is 9.18 Å². The SMILES string of the molecule is O=C(NC(CBr)c1ccccc1)c1cc(F)cc(Br)c1. The molecule has 0 aliphatic heterocycles. The predicted molar refractivity (Wildman–Crippen MR) is 84.5 cm³/mol. The van der Waals surface area contributed by atoms with Gasteiger partial charge < -0.3 is 5.32 Å². The average Bonchev–Trinajstić information content (AvgIpc) is 2.44. The van der Waals surface area contributed by atoms with Gasteiger partial charge in [-0.3, -0.25) is 4.79 Å². The maximum Gasteiger partial charge on any atom is 0.251 e. The summed E-state index contributed by atoms with van der Waals surface area (Å²) in [6, 6.07) is 13.6. The normalized spacial score (nSPS) is 11.9. The van der Waals surface area contributed by atoms with Crippen molar-refractivity contribution in [2.24, 2.45) is 0 Å². The molecule has 0 saturated heterocycles. The topological polar surface area (TPSA) is 29.1 Å². The van der Waals surface area contributed by atoms with Gasteiger partial charge >= 0.3 is 0 Å². The van der Waals surface area contributed by atoms with E-state index in [1.165, 1.54) is 12.1 Å². The van der Waals surface area contributed by atoms with Gasteiger partial charge in [-0.1, -0.05) is 62.2 Å². The number of benzene rings is 2. The van der Waals surface area contributed by atoms with E-state index >= 15 is 0 Å². The fraction of sp³-hybridized carbons (Fsp3) is 0.133. The van der Waals surface area contributed by atoms with Crippen LogP contribution in [-0.4, -0.2) is 11.2 Å². The second-order valence-corrected chi connectivity index (χ2v) is 5.81. The monoisotopic (exact) mass is 399 g/mol. The number of hydrogen-bond donors (Lipinski definition) is 1. The Hall–Kier alpha value is -1.20. The Balaban J connectivity index is 2.17. The lowest BCUT2D eigenvalue weighted by atomic mass is 10.1. The molecule has 0 spiro atoms. The molecule has 2 nitrogen and oxygen atoms in total. The van der Waals surface area contributed by atoms with Crippen LogP contribution < -0.4 is 5.32 Å². The van der Waals surface area contributed by atoms with E-state index in [2.05, 4.69) is 37.2 Å². The molecule has 5 heteroatoms. The average molecular weight is 401 g/mol. The standard InChI is InChI=1S/C15H12Br2FNO/c16-9-14(10-4-2-1-3-5-10)19-15(20)11-6-12(17)8-13(18)7-11/h1-8,14H,9H2,(H,19,20). The molecule has 0 aromatic heterocycles. The molecule has 1 N–H and O–H groups in total. The first-order chi connectivity index (χ1) is 9.60. The number of halogens is 3. The third kappa shape index (κ3) is 3.90. The van der Waals surface area contributed by atoms with Gasteiger partial charge in [0.1, 0.15) is 5.82 Å². The molecule has 2 rings (SSSR count). The van der Waals surface area contributed by atoms with Crippen molar-refractivity contribution in [2.75, 3.05) is 5.33 Å². The second-order valence-electron chi connectivity index (χ2n) is 4.25. The summed E-state index contributed by atoms with van der Waals surface area (Å²) in [5.74, 6) is -0.752. The molecule has 0 radical (unpaired) electrons. The third-order valence-corrected chi connectivity index (χ3v) is 3.89. The highest BCUT2D eigenvalue weighted by molar-refractivity contribution is 9.10. The summed E-state index contributed by atoms with van der Waals surface area (Å²) in [4.78, 5) is 12.2. The molecule has 0 saturated carbocycles. The number of rotatable bonds is 4. The Morgan fingerprint density at radius 3 is 2.50 bits per heavy atom. The van der Waals surface area contributed by atoms with Crippen LogP contribution in [0.4, 0.5) is 4.39 Å². The largest absolute Gasteiger partial charge is 0.344 e. The van der Waals surface area contributed by atoms with Gasteiger partial charge in [0.2, 0.25) is 0 Å². The number of carbonyl (C=O) groups excluding carboxylic acids is 1. The van der Waals surface area contributed by atoms with Gasteiger partial charge in [-0.15, -0.1) is 0 Å². The summed E-state index contributed by atoms with van der Waals surface area (Å²) in [5, 5.41) is 3.46. The molecular weight excluding hydrogens is 389 g/mol. The summed E-state index contributed by atoms with van der Waals surface area (Å²) >= 11 is 6.56.